The van der Waals surface area contributed by atoms with Gasteiger partial charge >= 0.3 is 6.03 Å². The minimum Gasteiger partial charge on any atom is -0.395 e. The lowest BCUT2D eigenvalue weighted by molar-refractivity contribution is 0.0658. The number of aromatic nitrogens is 2. The molecule has 2 aliphatic rings. The zero-order valence-electron chi connectivity index (χ0n) is 18.5. The highest BCUT2D eigenvalue weighted by molar-refractivity contribution is 5.95. The molecular weight excluding hydrogens is 408 g/mol. The van der Waals surface area contributed by atoms with E-state index in [9.17, 15) is 9.59 Å². The van der Waals surface area contributed by atoms with Gasteiger partial charge in [0.2, 0.25) is 5.82 Å². The van der Waals surface area contributed by atoms with Crippen molar-refractivity contribution < 1.29 is 14.7 Å². The Kier molecular flexibility index (Phi) is 6.12. The number of carbonyl (C=O) groups excluding carboxylic acids is 2. The van der Waals surface area contributed by atoms with Gasteiger partial charge in [0.25, 0.3) is 5.91 Å². The minimum atomic E-state index is -0.457. The monoisotopic (exact) mass is 438 g/mol. The number of carbonyl (C=O) groups is 2. The van der Waals surface area contributed by atoms with Gasteiger partial charge in [-0.15, -0.1) is 0 Å². The van der Waals surface area contributed by atoms with Gasteiger partial charge in [-0.1, -0.05) is 30.3 Å². The van der Waals surface area contributed by atoms with E-state index < -0.39 is 5.91 Å². The van der Waals surface area contributed by atoms with Gasteiger partial charge in [-0.25, -0.2) is 14.8 Å². The summed E-state index contributed by atoms with van der Waals surface area (Å²) < 4.78 is 0. The standard InChI is InChI=1S/C23H30N6O3/c1-28(2)23(17-6-4-3-5-7-17)10-8-22(9-11-23)16-29(21(32)27-22)18-14-25-19(26-15-18)20(31)24-12-13-30/h3-7,14-15,30H,8-13,16H2,1-2H3,(H,24,31)(H,27,32). The van der Waals surface area contributed by atoms with Crippen molar-refractivity contribution in [2.75, 3.05) is 38.7 Å². The summed E-state index contributed by atoms with van der Waals surface area (Å²) in [5.74, 6) is -0.450. The molecule has 0 atom stereocenters. The summed E-state index contributed by atoms with van der Waals surface area (Å²) in [5.41, 5.74) is 1.54. The van der Waals surface area contributed by atoms with Crippen LogP contribution in [0.1, 0.15) is 41.9 Å². The molecule has 1 saturated heterocycles. The molecule has 1 aromatic carbocycles. The molecule has 9 nitrogen and oxygen atoms in total. The Hall–Kier alpha value is -3.04. The molecule has 0 radical (unpaired) electrons. The molecule has 3 N–H and O–H groups in total. The molecule has 32 heavy (non-hydrogen) atoms. The van der Waals surface area contributed by atoms with Crippen LogP contribution in [0.15, 0.2) is 42.7 Å². The molecule has 1 aromatic heterocycles. The minimum absolute atomic E-state index is 0.00723. The number of urea groups is 1. The zero-order chi connectivity index (χ0) is 22.8. The second-order valence-corrected chi connectivity index (χ2v) is 8.83. The molecule has 0 bridgehead atoms. The van der Waals surface area contributed by atoms with Crippen LogP contribution in [0.2, 0.25) is 0 Å². The number of hydrogen-bond donors (Lipinski definition) is 3. The van der Waals surface area contributed by atoms with Crippen molar-refractivity contribution in [2.45, 2.75) is 36.8 Å². The third kappa shape index (κ3) is 4.05. The molecule has 2 fully saturated rings. The van der Waals surface area contributed by atoms with Crippen molar-refractivity contribution >= 4 is 17.6 Å². The van der Waals surface area contributed by atoms with Crippen LogP contribution in [-0.2, 0) is 5.54 Å². The molecular formula is C23H30N6O3. The van der Waals surface area contributed by atoms with Crippen molar-refractivity contribution in [2.24, 2.45) is 0 Å². The first kappa shape index (κ1) is 22.2. The summed E-state index contributed by atoms with van der Waals surface area (Å²) in [6.45, 7) is 0.529. The number of aliphatic hydroxyl groups is 1. The van der Waals surface area contributed by atoms with Crippen LogP contribution in [0.4, 0.5) is 10.5 Å². The molecule has 1 aliphatic carbocycles. The highest BCUT2D eigenvalue weighted by Crippen LogP contribution is 2.46. The van der Waals surface area contributed by atoms with Crippen molar-refractivity contribution in [1.29, 1.82) is 0 Å². The molecule has 3 amide bonds. The number of rotatable bonds is 6. The average Bonchev–Trinajstić information content (AvgIpc) is 3.14. The van der Waals surface area contributed by atoms with Gasteiger partial charge in [-0.05, 0) is 45.3 Å². The van der Waals surface area contributed by atoms with Gasteiger partial charge in [0.05, 0.1) is 36.8 Å². The second-order valence-electron chi connectivity index (χ2n) is 8.83. The Morgan fingerprint density at radius 2 is 1.81 bits per heavy atom. The third-order valence-corrected chi connectivity index (χ3v) is 6.83. The van der Waals surface area contributed by atoms with E-state index in [0.29, 0.717) is 12.2 Å². The maximum atomic E-state index is 12.8. The summed E-state index contributed by atoms with van der Waals surface area (Å²) >= 11 is 0. The van der Waals surface area contributed by atoms with Gasteiger partial charge in [-0.2, -0.15) is 0 Å². The normalized spacial score (nSPS) is 25.2. The summed E-state index contributed by atoms with van der Waals surface area (Å²) in [6, 6.07) is 10.4. The maximum absolute atomic E-state index is 12.8. The van der Waals surface area contributed by atoms with Gasteiger partial charge in [0.15, 0.2) is 0 Å². The van der Waals surface area contributed by atoms with E-state index in [1.807, 2.05) is 6.07 Å². The second kappa shape index (κ2) is 8.84. The molecule has 1 spiro atoms. The number of hydrogen-bond acceptors (Lipinski definition) is 6. The van der Waals surface area contributed by atoms with Crippen LogP contribution < -0.4 is 15.5 Å². The molecule has 0 unspecified atom stereocenters. The molecule has 1 saturated carbocycles. The van der Waals surface area contributed by atoms with E-state index in [-0.39, 0.29) is 36.1 Å². The van der Waals surface area contributed by atoms with Crippen LogP contribution in [0.25, 0.3) is 0 Å². The largest absolute Gasteiger partial charge is 0.395 e. The van der Waals surface area contributed by atoms with Crippen LogP contribution in [-0.4, -0.2) is 71.2 Å². The van der Waals surface area contributed by atoms with E-state index in [2.05, 4.69) is 63.9 Å². The Morgan fingerprint density at radius 1 is 1.16 bits per heavy atom. The quantitative estimate of drug-likeness (QED) is 0.630. The predicted molar refractivity (Wildman–Crippen MR) is 120 cm³/mol. The highest BCUT2D eigenvalue weighted by atomic mass is 16.3. The topological polar surface area (TPSA) is 111 Å². The zero-order valence-corrected chi connectivity index (χ0v) is 18.5. The van der Waals surface area contributed by atoms with Crippen LogP contribution in [0, 0.1) is 0 Å². The number of amides is 3. The fourth-order valence-electron chi connectivity index (χ4n) is 4.91. The summed E-state index contributed by atoms with van der Waals surface area (Å²) in [6.07, 6.45) is 6.61. The van der Waals surface area contributed by atoms with Crippen LogP contribution in [0.3, 0.4) is 0 Å². The smallest absolute Gasteiger partial charge is 0.322 e. The molecule has 1 aliphatic heterocycles. The highest BCUT2D eigenvalue weighted by Gasteiger charge is 2.50. The van der Waals surface area contributed by atoms with E-state index in [1.165, 1.54) is 18.0 Å². The number of benzene rings is 1. The lowest BCUT2D eigenvalue weighted by Crippen LogP contribution is -2.54. The van der Waals surface area contributed by atoms with E-state index in [1.54, 1.807) is 4.90 Å². The molecule has 9 heteroatoms. The fraction of sp³-hybridized carbons (Fsp3) is 0.478. The van der Waals surface area contributed by atoms with Crippen LogP contribution in [0.5, 0.6) is 0 Å². The van der Waals surface area contributed by atoms with Crippen molar-refractivity contribution in [1.82, 2.24) is 25.5 Å². The SMILES string of the molecule is CN(C)C1(c2ccccc2)CCC2(CC1)CN(c1cnc(C(=O)NCCO)nc1)C(=O)N2. The number of nitrogens with one attached hydrogen (secondary N) is 2. The lowest BCUT2D eigenvalue weighted by atomic mass is 9.69. The first-order valence-electron chi connectivity index (χ1n) is 10.9. The van der Waals surface area contributed by atoms with Crippen molar-refractivity contribution in [3.05, 3.63) is 54.1 Å². The summed E-state index contributed by atoms with van der Waals surface area (Å²) in [5, 5.41) is 14.5. The predicted octanol–water partition coefficient (Wildman–Crippen LogP) is 1.50. The molecule has 2 aromatic rings. The first-order chi connectivity index (χ1) is 15.4. The Bertz CT molecular complexity index is 955. The van der Waals surface area contributed by atoms with Crippen molar-refractivity contribution in [3.8, 4) is 0 Å². The Labute approximate surface area is 187 Å². The third-order valence-electron chi connectivity index (χ3n) is 6.83. The number of aliphatic hydroxyl groups excluding tert-OH is 1. The van der Waals surface area contributed by atoms with E-state index in [0.717, 1.165) is 25.7 Å². The van der Waals surface area contributed by atoms with Gasteiger partial charge in [0.1, 0.15) is 0 Å². The average molecular weight is 439 g/mol. The van der Waals surface area contributed by atoms with E-state index >= 15 is 0 Å². The fourth-order valence-corrected chi connectivity index (χ4v) is 4.91. The van der Waals surface area contributed by atoms with E-state index in [4.69, 9.17) is 5.11 Å². The number of anilines is 1. The maximum Gasteiger partial charge on any atom is 0.322 e. The van der Waals surface area contributed by atoms with Gasteiger partial charge < -0.3 is 15.7 Å². The number of nitrogens with zero attached hydrogens (tertiary/aromatic N) is 4. The molecule has 2 heterocycles. The van der Waals surface area contributed by atoms with Crippen molar-refractivity contribution in [3.63, 3.8) is 0 Å². The van der Waals surface area contributed by atoms with Crippen LogP contribution >= 0.6 is 0 Å². The lowest BCUT2D eigenvalue weighted by Gasteiger charge is -2.48. The first-order valence-corrected chi connectivity index (χ1v) is 10.9. The van der Waals surface area contributed by atoms with Gasteiger partial charge in [0, 0.05) is 12.1 Å². The Balaban J connectivity index is 1.47. The Morgan fingerprint density at radius 3 is 2.41 bits per heavy atom. The summed E-state index contributed by atoms with van der Waals surface area (Å²) in [4.78, 5) is 36.9. The molecule has 4 rings (SSSR count). The molecule has 170 valence electrons. The van der Waals surface area contributed by atoms with Gasteiger partial charge in [-0.3, -0.25) is 14.6 Å². The summed E-state index contributed by atoms with van der Waals surface area (Å²) in [7, 11) is 4.25.